The lowest BCUT2D eigenvalue weighted by Gasteiger charge is -2.49. The van der Waals surface area contributed by atoms with E-state index >= 15 is 0 Å². The summed E-state index contributed by atoms with van der Waals surface area (Å²) in [6.07, 6.45) is 1.03. The van der Waals surface area contributed by atoms with Crippen LogP contribution in [-0.2, 0) is 20.8 Å². The van der Waals surface area contributed by atoms with E-state index < -0.39 is 11.1 Å². The largest absolute Gasteiger partial charge is 0.367 e. The first-order valence-electron chi connectivity index (χ1n) is 7.27. The molecule has 0 bridgehead atoms. The molecule has 1 aromatic rings. The Kier molecular flexibility index (Phi) is 4.19. The van der Waals surface area contributed by atoms with Gasteiger partial charge in [-0.2, -0.15) is 0 Å². The topological polar surface area (TPSA) is 46.6 Å². The van der Waals surface area contributed by atoms with Crippen molar-refractivity contribution < 1.29 is 14.4 Å². The van der Waals surface area contributed by atoms with Crippen LogP contribution in [0.15, 0.2) is 30.3 Å². The van der Waals surface area contributed by atoms with Crippen LogP contribution >= 0.6 is 0 Å². The molecule has 0 amide bonds. The molecule has 0 saturated carbocycles. The van der Waals surface area contributed by atoms with Crippen molar-refractivity contribution in [3.63, 3.8) is 0 Å². The number of Topliss-reactive ketones (excluding diaryl/α,β-unsaturated/α-hetero) is 1. The lowest BCUT2D eigenvalue weighted by molar-refractivity contribution is -0.260. The second-order valence-corrected chi connectivity index (χ2v) is 6.94. The van der Waals surface area contributed by atoms with Crippen molar-refractivity contribution in [1.29, 1.82) is 0 Å². The zero-order valence-electron chi connectivity index (χ0n) is 13.2. The fourth-order valence-electron chi connectivity index (χ4n) is 3.13. The van der Waals surface area contributed by atoms with E-state index in [0.29, 0.717) is 12.8 Å². The van der Waals surface area contributed by atoms with E-state index in [1.807, 2.05) is 58.0 Å². The minimum atomic E-state index is -0.481. The second kappa shape index (κ2) is 5.60. The predicted molar refractivity (Wildman–Crippen MR) is 80.5 cm³/mol. The molecule has 1 saturated heterocycles. The quantitative estimate of drug-likeness (QED) is 0.858. The zero-order valence-corrected chi connectivity index (χ0v) is 13.2. The van der Waals surface area contributed by atoms with E-state index in [1.165, 1.54) is 0 Å². The fraction of sp³-hybridized carbons (Fsp3) is 0.529. The van der Waals surface area contributed by atoms with E-state index in [1.54, 1.807) is 5.06 Å². The fourth-order valence-corrected chi connectivity index (χ4v) is 3.13. The number of hydroxylamine groups is 2. The molecule has 4 nitrogen and oxygen atoms in total. The summed E-state index contributed by atoms with van der Waals surface area (Å²) in [4.78, 5) is 29.7. The number of rotatable bonds is 3. The average Bonchev–Trinajstić information content (AvgIpc) is 2.34. The number of benzene rings is 1. The highest BCUT2D eigenvalue weighted by atomic mass is 16.7. The summed E-state index contributed by atoms with van der Waals surface area (Å²) < 4.78 is 0. The van der Waals surface area contributed by atoms with Crippen LogP contribution in [-0.4, -0.2) is 27.9 Å². The first kappa shape index (κ1) is 15.7. The molecule has 0 atom stereocenters. The monoisotopic (exact) mass is 289 g/mol. The van der Waals surface area contributed by atoms with Crippen molar-refractivity contribution >= 4 is 11.8 Å². The molecule has 0 spiro atoms. The number of piperidine rings is 1. The minimum Gasteiger partial charge on any atom is -0.367 e. The molecule has 0 N–H and O–H groups in total. The van der Waals surface area contributed by atoms with Gasteiger partial charge in [0.25, 0.3) is 0 Å². The molecule has 0 radical (unpaired) electrons. The lowest BCUT2D eigenvalue weighted by atomic mass is 9.81. The highest BCUT2D eigenvalue weighted by Gasteiger charge is 2.47. The number of nitrogens with zero attached hydrogens (tertiary/aromatic N) is 1. The van der Waals surface area contributed by atoms with Crippen LogP contribution in [0.5, 0.6) is 0 Å². The molecule has 0 unspecified atom stereocenters. The third-order valence-corrected chi connectivity index (χ3v) is 3.74. The van der Waals surface area contributed by atoms with E-state index in [0.717, 1.165) is 5.56 Å². The van der Waals surface area contributed by atoms with Crippen molar-refractivity contribution in [2.75, 3.05) is 0 Å². The summed E-state index contributed by atoms with van der Waals surface area (Å²) in [5.41, 5.74) is -0.0395. The summed E-state index contributed by atoms with van der Waals surface area (Å²) in [7, 11) is 0. The van der Waals surface area contributed by atoms with Gasteiger partial charge in [-0.1, -0.05) is 30.3 Å². The van der Waals surface area contributed by atoms with E-state index in [9.17, 15) is 9.59 Å². The molecule has 0 aromatic heterocycles. The number of carbonyl (C=O) groups excluding carboxylic acids is 2. The first-order chi connectivity index (χ1) is 9.71. The maximum atomic E-state index is 12.2. The van der Waals surface area contributed by atoms with Crippen LogP contribution in [0.4, 0.5) is 0 Å². The van der Waals surface area contributed by atoms with E-state index in [4.69, 9.17) is 4.84 Å². The van der Waals surface area contributed by atoms with Crippen molar-refractivity contribution in [3.05, 3.63) is 35.9 Å². The molecule has 1 aliphatic rings. The Morgan fingerprint density at radius 1 is 1.10 bits per heavy atom. The van der Waals surface area contributed by atoms with Crippen LogP contribution in [0.3, 0.4) is 0 Å². The van der Waals surface area contributed by atoms with Crippen molar-refractivity contribution in [2.24, 2.45) is 0 Å². The van der Waals surface area contributed by atoms with Gasteiger partial charge in [-0.25, -0.2) is 4.79 Å². The number of hydrogen-bond acceptors (Lipinski definition) is 4. The summed E-state index contributed by atoms with van der Waals surface area (Å²) in [5.74, 6) is -0.0861. The first-order valence-corrected chi connectivity index (χ1v) is 7.27. The Bertz CT molecular complexity index is 514. The molecule has 4 heteroatoms. The van der Waals surface area contributed by atoms with Gasteiger partial charge in [0.1, 0.15) is 5.78 Å². The molecule has 0 aliphatic carbocycles. The van der Waals surface area contributed by atoms with Gasteiger partial charge >= 0.3 is 5.97 Å². The van der Waals surface area contributed by atoms with Crippen LogP contribution < -0.4 is 0 Å². The Labute approximate surface area is 126 Å². The molecule has 1 aromatic carbocycles. The van der Waals surface area contributed by atoms with Gasteiger partial charge in [-0.05, 0) is 33.3 Å². The highest BCUT2D eigenvalue weighted by molar-refractivity contribution is 5.82. The molecule has 1 aliphatic heterocycles. The average molecular weight is 289 g/mol. The van der Waals surface area contributed by atoms with E-state index in [-0.39, 0.29) is 18.2 Å². The van der Waals surface area contributed by atoms with Crippen molar-refractivity contribution in [3.8, 4) is 0 Å². The van der Waals surface area contributed by atoms with Gasteiger partial charge in [-0.3, -0.25) is 4.79 Å². The van der Waals surface area contributed by atoms with Gasteiger partial charge in [0.05, 0.1) is 17.5 Å². The van der Waals surface area contributed by atoms with Gasteiger partial charge in [-0.15, -0.1) is 5.06 Å². The van der Waals surface area contributed by atoms with Crippen LogP contribution in [0.25, 0.3) is 0 Å². The van der Waals surface area contributed by atoms with Gasteiger partial charge in [0.2, 0.25) is 0 Å². The lowest BCUT2D eigenvalue weighted by Crippen LogP contribution is -2.61. The van der Waals surface area contributed by atoms with Crippen molar-refractivity contribution in [2.45, 2.75) is 58.0 Å². The Hall–Kier alpha value is -1.68. The summed E-state index contributed by atoms with van der Waals surface area (Å²) in [6, 6.07) is 9.51. The maximum absolute atomic E-state index is 12.2. The standard InChI is InChI=1S/C17H23NO3/c1-16(2)11-14(19)12-17(3,4)18(16)21-15(20)10-13-8-6-5-7-9-13/h5-9H,10-12H2,1-4H3. The number of ketones is 1. The Morgan fingerprint density at radius 3 is 2.14 bits per heavy atom. The smallest absolute Gasteiger partial charge is 0.329 e. The van der Waals surface area contributed by atoms with Crippen molar-refractivity contribution in [1.82, 2.24) is 5.06 Å². The van der Waals surface area contributed by atoms with E-state index in [2.05, 4.69) is 0 Å². The molecule has 1 fully saturated rings. The Morgan fingerprint density at radius 2 is 1.62 bits per heavy atom. The second-order valence-electron chi connectivity index (χ2n) is 6.94. The molecule has 21 heavy (non-hydrogen) atoms. The maximum Gasteiger partial charge on any atom is 0.329 e. The number of carbonyl (C=O) groups is 2. The summed E-state index contributed by atoms with van der Waals surface area (Å²) >= 11 is 0. The SMILES string of the molecule is CC1(C)CC(=O)CC(C)(C)N1OC(=O)Cc1ccccc1. The third kappa shape index (κ3) is 3.70. The third-order valence-electron chi connectivity index (χ3n) is 3.74. The zero-order chi connectivity index (χ0) is 15.7. The molecule has 114 valence electrons. The molecule has 1 heterocycles. The van der Waals surface area contributed by atoms with Crippen LogP contribution in [0.2, 0.25) is 0 Å². The van der Waals surface area contributed by atoms with Gasteiger partial charge < -0.3 is 4.84 Å². The normalized spacial score (nSPS) is 21.0. The molecule has 2 rings (SSSR count). The molecular formula is C17H23NO3. The molecular weight excluding hydrogens is 266 g/mol. The Balaban J connectivity index is 2.09. The highest BCUT2D eigenvalue weighted by Crippen LogP contribution is 2.36. The van der Waals surface area contributed by atoms with Crippen LogP contribution in [0.1, 0.15) is 46.1 Å². The summed E-state index contributed by atoms with van der Waals surface area (Å²) in [5, 5.41) is 1.70. The number of hydrogen-bond donors (Lipinski definition) is 0. The predicted octanol–water partition coefficient (Wildman–Crippen LogP) is 2.91. The summed E-state index contributed by atoms with van der Waals surface area (Å²) in [6.45, 7) is 7.73. The van der Waals surface area contributed by atoms with Gasteiger partial charge in [0.15, 0.2) is 0 Å². The van der Waals surface area contributed by atoms with Gasteiger partial charge in [0, 0.05) is 12.8 Å². The van der Waals surface area contributed by atoms with Crippen LogP contribution in [0, 0.1) is 0 Å². The minimum absolute atomic E-state index is 0.209.